The molecule has 2 aromatic rings. The van der Waals surface area contributed by atoms with Gasteiger partial charge in [0, 0.05) is 31.2 Å². The summed E-state index contributed by atoms with van der Waals surface area (Å²) in [5.74, 6) is -0.526. The lowest BCUT2D eigenvalue weighted by Gasteiger charge is -2.42. The second-order valence-corrected chi connectivity index (χ2v) is 10.3. The van der Waals surface area contributed by atoms with Crippen LogP contribution in [0.3, 0.4) is 0 Å². The Balaban J connectivity index is 1.41. The summed E-state index contributed by atoms with van der Waals surface area (Å²) in [5, 5.41) is 11.8. The van der Waals surface area contributed by atoms with Gasteiger partial charge in [0.05, 0.1) is 20.1 Å². The molecule has 1 N–H and O–H groups in total. The Bertz CT molecular complexity index is 885. The first kappa shape index (κ1) is 23.9. The third-order valence-electron chi connectivity index (χ3n) is 7.78. The van der Waals surface area contributed by atoms with Gasteiger partial charge in [-0.1, -0.05) is 49.6 Å². The zero-order valence-corrected chi connectivity index (χ0v) is 20.0. The van der Waals surface area contributed by atoms with Gasteiger partial charge < -0.3 is 14.3 Å². The summed E-state index contributed by atoms with van der Waals surface area (Å²) in [7, 11) is 2.27. The van der Waals surface area contributed by atoms with Gasteiger partial charge in [-0.25, -0.2) is 4.79 Å². The van der Waals surface area contributed by atoms with Gasteiger partial charge in [0.15, 0.2) is 11.7 Å². The molecule has 3 unspecified atom stereocenters. The van der Waals surface area contributed by atoms with Crippen LogP contribution in [0.1, 0.15) is 62.5 Å². The van der Waals surface area contributed by atoms with Crippen molar-refractivity contribution in [3.05, 3.63) is 66.0 Å². The lowest BCUT2D eigenvalue weighted by Crippen LogP contribution is -2.55. The average Bonchev–Trinajstić information content (AvgIpc) is 2.85. The number of ether oxygens (including phenoxy) is 1. The third-order valence-corrected chi connectivity index (χ3v) is 7.78. The Hall–Kier alpha value is -2.24. The van der Waals surface area contributed by atoms with Gasteiger partial charge >= 0.3 is 5.97 Å². The highest BCUT2D eigenvalue weighted by atomic mass is 16.6. The van der Waals surface area contributed by atoms with Crippen molar-refractivity contribution in [2.24, 2.45) is 5.92 Å². The van der Waals surface area contributed by atoms with Gasteiger partial charge in [0.2, 0.25) is 0 Å². The van der Waals surface area contributed by atoms with Crippen molar-refractivity contribution >= 4 is 5.97 Å². The molecule has 4 rings (SSSR count). The number of hydrogen-bond acceptors (Lipinski definition) is 4. The molecule has 178 valence electrons. The van der Waals surface area contributed by atoms with Crippen LogP contribution in [0, 0.1) is 5.92 Å². The van der Waals surface area contributed by atoms with E-state index in [4.69, 9.17) is 4.74 Å². The fourth-order valence-electron chi connectivity index (χ4n) is 5.86. The zero-order chi connectivity index (χ0) is 23.2. The molecule has 5 nitrogen and oxygen atoms in total. The van der Waals surface area contributed by atoms with Crippen LogP contribution in [0.2, 0.25) is 0 Å². The summed E-state index contributed by atoms with van der Waals surface area (Å²) in [6, 6.07) is 13.6. The average molecular weight is 452 g/mol. The van der Waals surface area contributed by atoms with E-state index in [0.717, 1.165) is 75.5 Å². The van der Waals surface area contributed by atoms with E-state index >= 15 is 0 Å². The molecule has 3 atom stereocenters. The molecule has 1 saturated carbocycles. The highest BCUT2D eigenvalue weighted by molar-refractivity contribution is 5.81. The second-order valence-electron chi connectivity index (χ2n) is 10.3. The maximum atomic E-state index is 13.6. The maximum absolute atomic E-state index is 13.6. The van der Waals surface area contributed by atoms with Crippen LogP contribution in [0.5, 0.6) is 0 Å². The number of esters is 1. The van der Waals surface area contributed by atoms with Crippen LogP contribution in [0.15, 0.2) is 54.9 Å². The first-order chi connectivity index (χ1) is 16.0. The van der Waals surface area contributed by atoms with Gasteiger partial charge in [0.1, 0.15) is 6.54 Å². The maximum Gasteiger partial charge on any atom is 0.343 e. The molecule has 33 heavy (non-hydrogen) atoms. The minimum Gasteiger partial charge on any atom is -0.454 e. The number of piperidine rings is 1. The number of aryl methyl sites for hydroxylation is 1. The van der Waals surface area contributed by atoms with Crippen LogP contribution in [-0.4, -0.2) is 53.3 Å². The van der Waals surface area contributed by atoms with Crippen LogP contribution in [0.25, 0.3) is 0 Å². The van der Waals surface area contributed by atoms with E-state index < -0.39 is 11.6 Å². The molecule has 0 amide bonds. The summed E-state index contributed by atoms with van der Waals surface area (Å²) in [4.78, 5) is 17.7. The minimum atomic E-state index is -1.55. The molecule has 2 aliphatic rings. The molecular formula is C28H39N2O3+. The third kappa shape index (κ3) is 5.82. The molecule has 2 fully saturated rings. The molecular weight excluding hydrogens is 412 g/mol. The van der Waals surface area contributed by atoms with E-state index in [-0.39, 0.29) is 12.0 Å². The van der Waals surface area contributed by atoms with Crippen LogP contribution < -0.4 is 0 Å². The normalized spacial score (nSPS) is 25.8. The number of carbonyl (C=O) groups is 1. The molecule has 1 aromatic heterocycles. The molecule has 1 aliphatic heterocycles. The summed E-state index contributed by atoms with van der Waals surface area (Å²) < 4.78 is 7.02. The van der Waals surface area contributed by atoms with Crippen molar-refractivity contribution in [2.75, 3.05) is 26.7 Å². The van der Waals surface area contributed by atoms with Crippen molar-refractivity contribution in [1.82, 2.24) is 4.98 Å². The first-order valence-corrected chi connectivity index (χ1v) is 12.7. The SMILES string of the molecule is C[N+]1(CCCc2ccncc2)CCCC(OC(=O)C(O)(c2ccccc2)C2CCCCC2)C1. The Morgan fingerprint density at radius 1 is 1.06 bits per heavy atom. The quantitative estimate of drug-likeness (QED) is 0.469. The fourth-order valence-corrected chi connectivity index (χ4v) is 5.86. The summed E-state index contributed by atoms with van der Waals surface area (Å²) >= 11 is 0. The Morgan fingerprint density at radius 3 is 2.52 bits per heavy atom. The van der Waals surface area contributed by atoms with E-state index in [9.17, 15) is 9.90 Å². The number of aliphatic hydroxyl groups is 1. The number of benzene rings is 1. The van der Waals surface area contributed by atoms with Gasteiger partial charge in [-0.3, -0.25) is 4.98 Å². The van der Waals surface area contributed by atoms with E-state index in [1.54, 1.807) is 0 Å². The number of aromatic nitrogens is 1. The van der Waals surface area contributed by atoms with Gasteiger partial charge in [-0.15, -0.1) is 0 Å². The first-order valence-electron chi connectivity index (χ1n) is 12.7. The second kappa shape index (κ2) is 10.8. The number of likely N-dealkylation sites (N-methyl/N-ethyl adjacent to an activating group) is 1. The highest BCUT2D eigenvalue weighted by Crippen LogP contribution is 2.41. The van der Waals surface area contributed by atoms with Crippen LogP contribution >= 0.6 is 0 Å². The Kier molecular flexibility index (Phi) is 7.82. The molecule has 2 heterocycles. The molecule has 1 aromatic carbocycles. The topological polar surface area (TPSA) is 59.4 Å². The number of carbonyl (C=O) groups excluding carboxylic acids is 1. The van der Waals surface area contributed by atoms with Gasteiger partial charge in [-0.05, 0) is 48.9 Å². The Labute approximate surface area is 198 Å². The lowest BCUT2D eigenvalue weighted by atomic mass is 9.73. The lowest BCUT2D eigenvalue weighted by molar-refractivity contribution is -0.917. The van der Waals surface area contributed by atoms with Crippen molar-refractivity contribution in [2.45, 2.75) is 69.5 Å². The van der Waals surface area contributed by atoms with Crippen molar-refractivity contribution in [1.29, 1.82) is 0 Å². The van der Waals surface area contributed by atoms with Gasteiger partial charge in [-0.2, -0.15) is 0 Å². The van der Waals surface area contributed by atoms with Crippen LogP contribution in [-0.2, 0) is 21.6 Å². The predicted molar refractivity (Wildman–Crippen MR) is 129 cm³/mol. The number of pyridine rings is 1. The van der Waals surface area contributed by atoms with Crippen molar-refractivity contribution < 1.29 is 19.1 Å². The largest absolute Gasteiger partial charge is 0.454 e. The minimum absolute atomic E-state index is 0.0778. The van der Waals surface area contributed by atoms with E-state index in [0.29, 0.717) is 5.56 Å². The summed E-state index contributed by atoms with van der Waals surface area (Å²) in [6.07, 6.45) is 12.6. The van der Waals surface area contributed by atoms with E-state index in [1.165, 1.54) is 12.0 Å². The number of nitrogens with zero attached hydrogens (tertiary/aromatic N) is 2. The van der Waals surface area contributed by atoms with Crippen molar-refractivity contribution in [3.63, 3.8) is 0 Å². The molecule has 5 heteroatoms. The predicted octanol–water partition coefficient (Wildman–Crippen LogP) is 4.63. The molecule has 0 spiro atoms. The number of rotatable bonds is 8. The standard InChI is InChI=1S/C28H39N2O3/c1-30(20-8-10-23-16-18-29-19-17-23)21-9-15-26(22-30)33-27(31)28(32,24-11-4-2-5-12-24)25-13-6-3-7-14-25/h2,4-5,11-12,16-19,25-26,32H,3,6-10,13-15,20-22H2,1H3/q+1. The number of likely N-dealkylation sites (tertiary alicyclic amines) is 1. The monoisotopic (exact) mass is 451 g/mol. The summed E-state index contributed by atoms with van der Waals surface area (Å²) in [5.41, 5.74) is 0.438. The number of hydrogen-bond donors (Lipinski definition) is 1. The Morgan fingerprint density at radius 2 is 1.79 bits per heavy atom. The zero-order valence-electron chi connectivity index (χ0n) is 20.0. The summed E-state index contributed by atoms with van der Waals surface area (Å²) in [6.45, 7) is 2.98. The van der Waals surface area contributed by atoms with Gasteiger partial charge in [0.25, 0.3) is 0 Å². The molecule has 0 bridgehead atoms. The van der Waals surface area contributed by atoms with Crippen molar-refractivity contribution in [3.8, 4) is 0 Å². The fraction of sp³-hybridized carbons (Fsp3) is 0.571. The number of quaternary nitrogens is 1. The molecule has 1 aliphatic carbocycles. The molecule has 0 radical (unpaired) electrons. The van der Waals surface area contributed by atoms with E-state index in [1.807, 2.05) is 42.7 Å². The highest BCUT2D eigenvalue weighted by Gasteiger charge is 2.48. The van der Waals surface area contributed by atoms with Crippen LogP contribution in [0.4, 0.5) is 0 Å². The molecule has 1 saturated heterocycles. The smallest absolute Gasteiger partial charge is 0.343 e. The van der Waals surface area contributed by atoms with E-state index in [2.05, 4.69) is 24.2 Å².